The van der Waals surface area contributed by atoms with Crippen molar-refractivity contribution in [3.05, 3.63) is 187 Å². The van der Waals surface area contributed by atoms with Crippen LogP contribution in [0.1, 0.15) is 79.0 Å². The molecule has 0 atom stereocenters. The van der Waals surface area contributed by atoms with Crippen LogP contribution in [0.2, 0.25) is 0 Å². The number of hydrogen-bond donors (Lipinski definition) is 1. The van der Waals surface area contributed by atoms with Crippen molar-refractivity contribution in [1.82, 2.24) is 19.5 Å². The van der Waals surface area contributed by atoms with Gasteiger partial charge in [-0.15, -0.1) is 35.4 Å². The van der Waals surface area contributed by atoms with E-state index in [9.17, 15) is 5.11 Å². The number of fused-ring (bicyclic) bond motifs is 3. The molecule has 0 aliphatic carbocycles. The molecule has 10 rings (SSSR count). The van der Waals surface area contributed by atoms with E-state index >= 15 is 0 Å². The van der Waals surface area contributed by atoms with Gasteiger partial charge in [-0.1, -0.05) is 152 Å². The maximum atomic E-state index is 11.8. The van der Waals surface area contributed by atoms with E-state index in [4.69, 9.17) is 15.0 Å². The van der Waals surface area contributed by atoms with Crippen LogP contribution in [0.3, 0.4) is 0 Å². The van der Waals surface area contributed by atoms with Crippen LogP contribution in [-0.4, -0.2) is 24.6 Å². The Morgan fingerprint density at radius 3 is 1.82 bits per heavy atom. The van der Waals surface area contributed by atoms with E-state index in [1.54, 1.807) is 0 Å². The molecule has 0 aliphatic heterocycles. The first-order valence-electron chi connectivity index (χ1n) is 22.9. The molecular formula is C61H55N4OPt-. The van der Waals surface area contributed by atoms with Crippen molar-refractivity contribution < 1.29 is 26.2 Å². The van der Waals surface area contributed by atoms with Gasteiger partial charge < -0.3 is 5.11 Å². The first-order valence-corrected chi connectivity index (χ1v) is 22.9. The maximum Gasteiger partial charge on any atom is 0.148 e. The fourth-order valence-corrected chi connectivity index (χ4v) is 9.17. The molecule has 7 aromatic carbocycles. The first kappa shape index (κ1) is 45.5. The second kappa shape index (κ2) is 17.2. The van der Waals surface area contributed by atoms with E-state index in [0.29, 0.717) is 11.4 Å². The summed E-state index contributed by atoms with van der Waals surface area (Å²) >= 11 is 0. The van der Waals surface area contributed by atoms with E-state index in [1.165, 1.54) is 21.9 Å². The second-order valence-electron chi connectivity index (χ2n) is 20.7. The number of imidazole rings is 1. The Morgan fingerprint density at radius 2 is 1.12 bits per heavy atom. The average molecular weight is 1060 g/mol. The summed E-state index contributed by atoms with van der Waals surface area (Å²) in [4.78, 5) is 15.4. The van der Waals surface area contributed by atoms with Crippen LogP contribution in [0.15, 0.2) is 164 Å². The molecule has 0 fully saturated rings. The molecule has 0 unspecified atom stereocenters. The summed E-state index contributed by atoms with van der Waals surface area (Å²) in [5.74, 6) is 0.846. The predicted octanol–water partition coefficient (Wildman–Crippen LogP) is 15.9. The van der Waals surface area contributed by atoms with E-state index < -0.39 is 0 Å². The predicted molar refractivity (Wildman–Crippen MR) is 275 cm³/mol. The summed E-state index contributed by atoms with van der Waals surface area (Å²) in [7, 11) is 0. The van der Waals surface area contributed by atoms with Crippen molar-refractivity contribution >= 4 is 32.7 Å². The third-order valence-corrected chi connectivity index (χ3v) is 13.0. The van der Waals surface area contributed by atoms with Crippen molar-refractivity contribution in [3.63, 3.8) is 0 Å². The number of hydrogen-bond acceptors (Lipinski definition) is 4. The van der Waals surface area contributed by atoms with E-state index in [1.807, 2.05) is 36.7 Å². The van der Waals surface area contributed by atoms with Gasteiger partial charge in [0.05, 0.1) is 22.3 Å². The van der Waals surface area contributed by atoms with Crippen LogP contribution in [0.25, 0.3) is 94.4 Å². The minimum Gasteiger partial charge on any atom is -0.507 e. The molecule has 1 N–H and O–H groups in total. The molecule has 0 spiro atoms. The number of pyridine rings is 2. The van der Waals surface area contributed by atoms with Gasteiger partial charge in [-0.25, -0.2) is 4.98 Å². The van der Waals surface area contributed by atoms with E-state index in [-0.39, 0.29) is 43.1 Å². The number of benzene rings is 7. The van der Waals surface area contributed by atoms with Crippen molar-refractivity contribution in [3.8, 4) is 67.5 Å². The van der Waals surface area contributed by atoms with E-state index in [0.717, 1.165) is 77.8 Å². The molecule has 0 radical (unpaired) electrons. The van der Waals surface area contributed by atoms with Gasteiger partial charge in [0.2, 0.25) is 0 Å². The zero-order chi connectivity index (χ0) is 46.1. The average Bonchev–Trinajstić information content (AvgIpc) is 3.69. The molecule has 336 valence electrons. The smallest absolute Gasteiger partial charge is 0.148 e. The quantitative estimate of drug-likeness (QED) is 0.169. The van der Waals surface area contributed by atoms with E-state index in [2.05, 4.69) is 200 Å². The molecule has 0 amide bonds. The van der Waals surface area contributed by atoms with Crippen LogP contribution >= 0.6 is 0 Å². The van der Waals surface area contributed by atoms with Crippen LogP contribution < -0.4 is 0 Å². The van der Waals surface area contributed by atoms with Crippen LogP contribution in [0.4, 0.5) is 0 Å². The number of aromatic nitrogens is 4. The monoisotopic (exact) mass is 1050 g/mol. The second-order valence-corrected chi connectivity index (χ2v) is 20.7. The number of phenols is 1. The molecule has 67 heavy (non-hydrogen) atoms. The summed E-state index contributed by atoms with van der Waals surface area (Å²) < 4.78 is 2.23. The SMILES string of the molecule is CC(C)(C)c1ccc(-n2c(-c3cc(C(C)(C)C)ccc3O)nc3c(-c4[c-]c(-c5cc(C(C)(C)C)cc6c(-c7ccccn7)ccnc56)ccc4)cc(-c4cccc5ccccc45)cc32)cc1.[Pt]. The van der Waals surface area contributed by atoms with Crippen molar-refractivity contribution in [2.24, 2.45) is 0 Å². The van der Waals surface area contributed by atoms with Gasteiger partial charge >= 0.3 is 0 Å². The number of nitrogens with zero attached hydrogens (tertiary/aromatic N) is 4. The Bertz CT molecular complexity index is 3470. The van der Waals surface area contributed by atoms with Gasteiger partial charge in [-0.2, -0.15) is 0 Å². The zero-order valence-corrected chi connectivity index (χ0v) is 41.9. The Hall–Kier alpha value is -6.68. The Balaban J connectivity index is 0.00000562. The third-order valence-electron chi connectivity index (χ3n) is 13.0. The maximum absolute atomic E-state index is 11.8. The molecule has 3 aromatic heterocycles. The summed E-state index contributed by atoms with van der Waals surface area (Å²) in [5.41, 5.74) is 15.4. The van der Waals surface area contributed by atoms with Crippen LogP contribution in [-0.2, 0) is 37.3 Å². The molecule has 3 heterocycles. The summed E-state index contributed by atoms with van der Waals surface area (Å²) in [6, 6.07) is 57.4. The molecule has 5 nitrogen and oxygen atoms in total. The molecule has 0 saturated carbocycles. The Kier molecular flexibility index (Phi) is 11.7. The van der Waals surface area contributed by atoms with Crippen LogP contribution in [0, 0.1) is 6.07 Å². The van der Waals surface area contributed by atoms with Crippen molar-refractivity contribution in [2.45, 2.75) is 78.6 Å². The van der Waals surface area contributed by atoms with Gasteiger partial charge in [-0.05, 0) is 109 Å². The zero-order valence-electron chi connectivity index (χ0n) is 39.6. The van der Waals surface area contributed by atoms with Gasteiger partial charge in [0, 0.05) is 55.6 Å². The molecule has 6 heteroatoms. The summed E-state index contributed by atoms with van der Waals surface area (Å²) in [6.45, 7) is 20.1. The van der Waals surface area contributed by atoms with Gasteiger partial charge in [0.1, 0.15) is 11.6 Å². The normalized spacial score (nSPS) is 12.2. The fraction of sp³-hybridized carbons (Fsp3) is 0.197. The minimum atomic E-state index is -0.155. The summed E-state index contributed by atoms with van der Waals surface area (Å²) in [6.07, 6.45) is 3.73. The number of aromatic hydroxyl groups is 1. The molecular weight excluding hydrogens is 1000 g/mol. The van der Waals surface area contributed by atoms with Crippen molar-refractivity contribution in [1.29, 1.82) is 0 Å². The van der Waals surface area contributed by atoms with Crippen molar-refractivity contribution in [2.75, 3.05) is 0 Å². The third kappa shape index (κ3) is 8.51. The Labute approximate surface area is 408 Å². The Morgan fingerprint density at radius 1 is 0.478 bits per heavy atom. The van der Waals surface area contributed by atoms with Crippen LogP contribution in [0.5, 0.6) is 5.75 Å². The summed E-state index contributed by atoms with van der Waals surface area (Å²) in [5, 5.41) is 15.2. The number of phenolic OH excluding ortho intramolecular Hbond substituents is 1. The topological polar surface area (TPSA) is 63.8 Å². The largest absolute Gasteiger partial charge is 0.507 e. The van der Waals surface area contributed by atoms with Gasteiger partial charge in [-0.3, -0.25) is 14.5 Å². The van der Waals surface area contributed by atoms with Gasteiger partial charge in [0.15, 0.2) is 0 Å². The molecule has 0 bridgehead atoms. The standard InChI is InChI=1S/C61H55N4O.Pt/c1-59(2,3)42-23-26-45(27-24-42)65-54-34-41(47-21-15-17-38-16-10-11-20-46(38)47)33-49(57(54)64-58(65)52-35-43(60(4,5)6)25-28-55(52)66)39-18-14-19-40(32-39)50-36-44(61(7,8)9)37-51-48(29-31-63-56(50)51)53-22-12-13-30-62-53;/h10-31,33-37,66H,1-9H3;/q-1;. The van der Waals surface area contributed by atoms with Gasteiger partial charge in [0.25, 0.3) is 0 Å². The number of rotatable bonds is 6. The minimum absolute atomic E-state index is 0. The molecule has 10 aromatic rings. The molecule has 0 saturated heterocycles. The first-order chi connectivity index (χ1) is 31.5. The molecule has 0 aliphatic rings. The fourth-order valence-electron chi connectivity index (χ4n) is 9.17.